The summed E-state index contributed by atoms with van der Waals surface area (Å²) in [5.41, 5.74) is 1.56. The molecule has 3 aromatic rings. The number of rotatable bonds is 7. The van der Waals surface area contributed by atoms with Gasteiger partial charge >= 0.3 is 6.03 Å². The zero-order chi connectivity index (χ0) is 26.5. The van der Waals surface area contributed by atoms with Crippen LogP contribution >= 0.6 is 0 Å². The van der Waals surface area contributed by atoms with Crippen molar-refractivity contribution in [2.24, 2.45) is 0 Å². The molecule has 2 N–H and O–H groups in total. The largest absolute Gasteiger partial charge is 0.484 e. The Kier molecular flexibility index (Phi) is 7.05. The highest BCUT2D eigenvalue weighted by Gasteiger charge is 2.37. The molecule has 37 heavy (non-hydrogen) atoms. The molecule has 0 spiro atoms. The molecule has 0 radical (unpaired) electrons. The van der Waals surface area contributed by atoms with Gasteiger partial charge in [0.1, 0.15) is 11.3 Å². The van der Waals surface area contributed by atoms with Crippen LogP contribution in [0.15, 0.2) is 78.4 Å². The van der Waals surface area contributed by atoms with Crippen LogP contribution in [0.5, 0.6) is 5.75 Å². The molecule has 4 rings (SSSR count). The number of hydrogen-bond donors (Lipinski definition) is 2. The van der Waals surface area contributed by atoms with Gasteiger partial charge in [0.25, 0.3) is 23.4 Å². The van der Waals surface area contributed by atoms with Crippen molar-refractivity contribution in [2.45, 2.75) is 6.92 Å². The first-order valence-electron chi connectivity index (χ1n) is 11.0. The average molecular weight is 500 g/mol. The van der Waals surface area contributed by atoms with Gasteiger partial charge in [-0.25, -0.2) is 9.69 Å². The summed E-state index contributed by atoms with van der Waals surface area (Å²) in [4.78, 5) is 61.0. The number of anilines is 2. The molecule has 1 fully saturated rings. The fourth-order valence-electron chi connectivity index (χ4n) is 3.54. The lowest BCUT2D eigenvalue weighted by molar-refractivity contribution is -0.384. The molecule has 3 aromatic carbocycles. The second-order valence-electron chi connectivity index (χ2n) is 8.01. The van der Waals surface area contributed by atoms with Crippen molar-refractivity contribution in [1.29, 1.82) is 0 Å². The number of hydrogen-bond acceptors (Lipinski definition) is 7. The van der Waals surface area contributed by atoms with Gasteiger partial charge in [0.15, 0.2) is 6.61 Å². The van der Waals surface area contributed by atoms with E-state index in [0.717, 1.165) is 17.7 Å². The second-order valence-corrected chi connectivity index (χ2v) is 8.01. The van der Waals surface area contributed by atoms with Crippen LogP contribution in [0, 0.1) is 17.0 Å². The number of carbonyl (C=O) groups excluding carboxylic acids is 4. The predicted molar refractivity (Wildman–Crippen MR) is 134 cm³/mol. The first-order chi connectivity index (χ1) is 17.7. The molecule has 0 saturated carbocycles. The van der Waals surface area contributed by atoms with Crippen molar-refractivity contribution in [3.05, 3.63) is 99.6 Å². The minimum atomic E-state index is -0.974. The number of imide groups is 2. The summed E-state index contributed by atoms with van der Waals surface area (Å²) in [7, 11) is 0. The Bertz CT molecular complexity index is 1450. The SMILES string of the molecule is Cc1cccc(NC(=O)COc2cccc(/C=C3/C(=O)NC(=O)N(c4ccc([N+](=O)[O-])cc4)C3=O)c2)c1. The quantitative estimate of drug-likeness (QED) is 0.218. The lowest BCUT2D eigenvalue weighted by Gasteiger charge is -2.26. The Morgan fingerprint density at radius 3 is 2.49 bits per heavy atom. The van der Waals surface area contributed by atoms with E-state index in [9.17, 15) is 29.3 Å². The van der Waals surface area contributed by atoms with Crippen molar-refractivity contribution in [2.75, 3.05) is 16.8 Å². The Hall–Kier alpha value is -5.32. The number of aryl methyl sites for hydroxylation is 1. The third-order valence-electron chi connectivity index (χ3n) is 5.26. The molecule has 1 saturated heterocycles. The van der Waals surface area contributed by atoms with Crippen molar-refractivity contribution < 1.29 is 28.8 Å². The number of nitro groups is 1. The number of nitro benzene ring substituents is 1. The van der Waals surface area contributed by atoms with Gasteiger partial charge in [0.05, 0.1) is 10.6 Å². The summed E-state index contributed by atoms with van der Waals surface area (Å²) < 4.78 is 5.55. The van der Waals surface area contributed by atoms with E-state index < -0.39 is 22.8 Å². The average Bonchev–Trinajstić information content (AvgIpc) is 2.86. The van der Waals surface area contributed by atoms with Gasteiger partial charge in [-0.2, -0.15) is 0 Å². The number of ether oxygens (including phenoxy) is 1. The number of carbonyl (C=O) groups is 4. The zero-order valence-electron chi connectivity index (χ0n) is 19.5. The van der Waals surface area contributed by atoms with Crippen LogP contribution in [-0.2, 0) is 14.4 Å². The maximum atomic E-state index is 13.0. The highest BCUT2D eigenvalue weighted by atomic mass is 16.6. The van der Waals surface area contributed by atoms with E-state index >= 15 is 0 Å². The maximum absolute atomic E-state index is 13.0. The van der Waals surface area contributed by atoms with E-state index in [2.05, 4.69) is 10.6 Å². The van der Waals surface area contributed by atoms with E-state index in [1.807, 2.05) is 25.1 Å². The third kappa shape index (κ3) is 5.85. The van der Waals surface area contributed by atoms with Crippen LogP contribution in [0.25, 0.3) is 6.08 Å². The Labute approximate surface area is 210 Å². The van der Waals surface area contributed by atoms with Crippen molar-refractivity contribution >= 4 is 46.9 Å². The number of amides is 5. The minimum absolute atomic E-state index is 0.0585. The fraction of sp³-hybridized carbons (Fsp3) is 0.0769. The van der Waals surface area contributed by atoms with Crippen LogP contribution in [-0.4, -0.2) is 35.3 Å². The summed E-state index contributed by atoms with van der Waals surface area (Å²) in [6, 6.07) is 17.5. The number of barbiturate groups is 1. The van der Waals surface area contributed by atoms with Crippen LogP contribution in [0.2, 0.25) is 0 Å². The van der Waals surface area contributed by atoms with Crippen LogP contribution in [0.1, 0.15) is 11.1 Å². The van der Waals surface area contributed by atoms with Crippen molar-refractivity contribution in [1.82, 2.24) is 5.32 Å². The van der Waals surface area contributed by atoms with Gasteiger partial charge in [0, 0.05) is 17.8 Å². The Morgan fingerprint density at radius 1 is 1.05 bits per heavy atom. The molecule has 1 heterocycles. The Balaban J connectivity index is 1.49. The van der Waals surface area contributed by atoms with Gasteiger partial charge < -0.3 is 10.1 Å². The molecular formula is C26H20N4O7. The molecule has 186 valence electrons. The molecule has 0 aromatic heterocycles. The van der Waals surface area contributed by atoms with Crippen LogP contribution in [0.3, 0.4) is 0 Å². The standard InChI is InChI=1S/C26H20N4O7/c1-16-4-2-6-18(12-16)27-23(31)15-37-21-7-3-5-17(13-21)14-22-24(32)28-26(34)29(25(22)33)19-8-10-20(11-9-19)30(35)36/h2-14H,15H2,1H3,(H,27,31)(H,28,32,34)/b22-14-. The molecule has 0 unspecified atom stereocenters. The van der Waals surface area contributed by atoms with E-state index in [0.29, 0.717) is 21.9 Å². The van der Waals surface area contributed by atoms with Crippen molar-refractivity contribution in [3.63, 3.8) is 0 Å². The van der Waals surface area contributed by atoms with E-state index in [-0.39, 0.29) is 29.5 Å². The summed E-state index contributed by atoms with van der Waals surface area (Å²) in [5, 5.41) is 15.7. The normalized spacial score (nSPS) is 14.4. The second kappa shape index (κ2) is 10.5. The number of nitrogens with one attached hydrogen (secondary N) is 2. The Morgan fingerprint density at radius 2 is 1.78 bits per heavy atom. The lowest BCUT2D eigenvalue weighted by atomic mass is 10.1. The molecule has 11 nitrogen and oxygen atoms in total. The first kappa shape index (κ1) is 24.8. The molecule has 11 heteroatoms. The maximum Gasteiger partial charge on any atom is 0.335 e. The third-order valence-corrected chi connectivity index (χ3v) is 5.26. The molecule has 1 aliphatic rings. The van der Waals surface area contributed by atoms with Gasteiger partial charge in [-0.15, -0.1) is 0 Å². The summed E-state index contributed by atoms with van der Waals surface area (Å²) in [6.07, 6.45) is 1.28. The number of nitrogens with zero attached hydrogens (tertiary/aromatic N) is 2. The highest BCUT2D eigenvalue weighted by Crippen LogP contribution is 2.25. The van der Waals surface area contributed by atoms with Crippen molar-refractivity contribution in [3.8, 4) is 5.75 Å². The highest BCUT2D eigenvalue weighted by molar-refractivity contribution is 6.39. The number of benzene rings is 3. The van der Waals surface area contributed by atoms with Gasteiger partial charge in [-0.3, -0.25) is 29.8 Å². The molecule has 5 amide bonds. The van der Waals surface area contributed by atoms with Crippen LogP contribution < -0.4 is 20.3 Å². The van der Waals surface area contributed by atoms with E-state index in [1.54, 1.807) is 24.3 Å². The smallest absolute Gasteiger partial charge is 0.335 e. The lowest BCUT2D eigenvalue weighted by Crippen LogP contribution is -2.54. The summed E-state index contributed by atoms with van der Waals surface area (Å²) in [5.74, 6) is -1.84. The fourth-order valence-corrected chi connectivity index (χ4v) is 3.54. The molecule has 0 bridgehead atoms. The molecule has 1 aliphatic heterocycles. The molecule has 0 aliphatic carbocycles. The number of urea groups is 1. The topological polar surface area (TPSA) is 148 Å². The van der Waals surface area contributed by atoms with E-state index in [1.165, 1.54) is 24.3 Å². The van der Waals surface area contributed by atoms with Gasteiger partial charge in [0.2, 0.25) is 0 Å². The molecular weight excluding hydrogens is 480 g/mol. The summed E-state index contributed by atoms with van der Waals surface area (Å²) >= 11 is 0. The zero-order valence-corrected chi connectivity index (χ0v) is 19.5. The van der Waals surface area contributed by atoms with Gasteiger partial charge in [-0.05, 0) is 60.5 Å². The number of non-ortho nitro benzene ring substituents is 1. The molecule has 0 atom stereocenters. The first-order valence-corrected chi connectivity index (χ1v) is 11.0. The summed E-state index contributed by atoms with van der Waals surface area (Å²) in [6.45, 7) is 1.64. The monoisotopic (exact) mass is 500 g/mol. The van der Waals surface area contributed by atoms with Crippen LogP contribution in [0.4, 0.5) is 21.9 Å². The predicted octanol–water partition coefficient (Wildman–Crippen LogP) is 3.59. The van der Waals surface area contributed by atoms with E-state index in [4.69, 9.17) is 4.74 Å². The van der Waals surface area contributed by atoms with Gasteiger partial charge in [-0.1, -0.05) is 24.3 Å². The minimum Gasteiger partial charge on any atom is -0.484 e.